The van der Waals surface area contributed by atoms with Crippen molar-refractivity contribution in [3.05, 3.63) is 33.1 Å². The highest BCUT2D eigenvalue weighted by Gasteiger charge is 1.98. The second-order valence-corrected chi connectivity index (χ2v) is 2.61. The lowest BCUT2D eigenvalue weighted by molar-refractivity contribution is 0.561. The largest absolute Gasteiger partial charge is 0.328 e. The van der Waals surface area contributed by atoms with E-state index in [9.17, 15) is 9.59 Å². The Morgan fingerprint density at radius 1 is 1.42 bits per heavy atom. The average Bonchev–Trinajstić information content (AvgIpc) is 1.85. The molecule has 0 amide bonds. The summed E-state index contributed by atoms with van der Waals surface area (Å²) in [5, 5.41) is 0. The lowest BCUT2D eigenvalue weighted by atomic mass is 10.4. The molecule has 1 aromatic heterocycles. The van der Waals surface area contributed by atoms with Crippen LogP contribution in [0, 0.1) is 0 Å². The standard InChI is InChI=1S/C7H10N2O2.CH4/c1-5(2)9-4-3-6(10)8-7(9)11;/h3-5H,1-2H3,(H,8,10,11);1H4. The van der Waals surface area contributed by atoms with Crippen molar-refractivity contribution in [1.29, 1.82) is 0 Å². The van der Waals surface area contributed by atoms with Gasteiger partial charge in [0.2, 0.25) is 0 Å². The van der Waals surface area contributed by atoms with E-state index in [1.165, 1.54) is 16.8 Å². The van der Waals surface area contributed by atoms with Crippen LogP contribution in [-0.2, 0) is 0 Å². The van der Waals surface area contributed by atoms with E-state index in [0.29, 0.717) is 0 Å². The zero-order valence-electron chi connectivity index (χ0n) is 6.50. The Morgan fingerprint density at radius 3 is 2.42 bits per heavy atom. The van der Waals surface area contributed by atoms with Gasteiger partial charge in [0.15, 0.2) is 0 Å². The predicted molar refractivity (Wildman–Crippen MR) is 48.4 cm³/mol. The highest BCUT2D eigenvalue weighted by atomic mass is 16.2. The quantitative estimate of drug-likeness (QED) is 0.676. The zero-order valence-corrected chi connectivity index (χ0v) is 6.50. The molecule has 1 rings (SSSR count). The van der Waals surface area contributed by atoms with E-state index in [4.69, 9.17) is 0 Å². The van der Waals surface area contributed by atoms with Crippen LogP contribution in [0.3, 0.4) is 0 Å². The third kappa shape index (κ3) is 2.08. The molecule has 0 spiro atoms. The number of hydrogen-bond donors (Lipinski definition) is 1. The number of H-pyrrole nitrogens is 1. The molecule has 0 saturated carbocycles. The number of rotatable bonds is 1. The van der Waals surface area contributed by atoms with E-state index in [1.54, 1.807) is 0 Å². The van der Waals surface area contributed by atoms with Gasteiger partial charge < -0.3 is 0 Å². The lowest BCUT2D eigenvalue weighted by Crippen LogP contribution is -2.29. The molecular weight excluding hydrogens is 156 g/mol. The maximum atomic E-state index is 11.0. The first-order valence-electron chi connectivity index (χ1n) is 3.42. The molecule has 4 heteroatoms. The molecule has 12 heavy (non-hydrogen) atoms. The fraction of sp³-hybridized carbons (Fsp3) is 0.500. The highest BCUT2D eigenvalue weighted by Crippen LogP contribution is 1.94. The van der Waals surface area contributed by atoms with Crippen LogP contribution < -0.4 is 11.2 Å². The van der Waals surface area contributed by atoms with Crippen molar-refractivity contribution in [3.63, 3.8) is 0 Å². The lowest BCUT2D eigenvalue weighted by Gasteiger charge is -2.06. The molecule has 4 nitrogen and oxygen atoms in total. The van der Waals surface area contributed by atoms with Crippen molar-refractivity contribution in [2.45, 2.75) is 27.3 Å². The minimum Gasteiger partial charge on any atom is -0.298 e. The van der Waals surface area contributed by atoms with Gasteiger partial charge in [0, 0.05) is 18.3 Å². The minimum atomic E-state index is -0.355. The summed E-state index contributed by atoms with van der Waals surface area (Å²) in [5.41, 5.74) is -0.709. The van der Waals surface area contributed by atoms with Gasteiger partial charge in [-0.05, 0) is 13.8 Å². The maximum absolute atomic E-state index is 11.0. The van der Waals surface area contributed by atoms with Gasteiger partial charge in [-0.25, -0.2) is 4.79 Å². The molecule has 0 aliphatic carbocycles. The monoisotopic (exact) mass is 170 g/mol. The Kier molecular flexibility index (Phi) is 3.47. The molecule has 1 aromatic rings. The second kappa shape index (κ2) is 3.90. The van der Waals surface area contributed by atoms with Gasteiger partial charge in [0.05, 0.1) is 0 Å². The van der Waals surface area contributed by atoms with E-state index < -0.39 is 0 Å². The van der Waals surface area contributed by atoms with E-state index in [-0.39, 0.29) is 24.7 Å². The Hall–Kier alpha value is -1.32. The summed E-state index contributed by atoms with van der Waals surface area (Å²) in [6.07, 6.45) is 1.49. The van der Waals surface area contributed by atoms with E-state index in [0.717, 1.165) is 0 Å². The molecule has 1 heterocycles. The van der Waals surface area contributed by atoms with Crippen molar-refractivity contribution in [1.82, 2.24) is 9.55 Å². The fourth-order valence-electron chi connectivity index (χ4n) is 0.834. The topological polar surface area (TPSA) is 54.9 Å². The van der Waals surface area contributed by atoms with E-state index in [2.05, 4.69) is 4.98 Å². The van der Waals surface area contributed by atoms with Crippen LogP contribution in [0.15, 0.2) is 21.9 Å². The minimum absolute atomic E-state index is 0. The molecular formula is C8H14N2O2. The van der Waals surface area contributed by atoms with Crippen LogP contribution in [0.5, 0.6) is 0 Å². The third-order valence-electron chi connectivity index (χ3n) is 1.41. The number of aromatic nitrogens is 2. The third-order valence-corrected chi connectivity index (χ3v) is 1.41. The fourth-order valence-corrected chi connectivity index (χ4v) is 0.834. The van der Waals surface area contributed by atoms with Crippen molar-refractivity contribution in [2.75, 3.05) is 0 Å². The molecule has 0 fully saturated rings. The van der Waals surface area contributed by atoms with Crippen LogP contribution in [0.4, 0.5) is 0 Å². The Morgan fingerprint density at radius 2 is 2.00 bits per heavy atom. The molecule has 0 unspecified atom stereocenters. The van der Waals surface area contributed by atoms with Crippen molar-refractivity contribution in [3.8, 4) is 0 Å². The maximum Gasteiger partial charge on any atom is 0.328 e. The van der Waals surface area contributed by atoms with Crippen LogP contribution in [0.2, 0.25) is 0 Å². The average molecular weight is 170 g/mol. The van der Waals surface area contributed by atoms with Gasteiger partial charge in [-0.2, -0.15) is 0 Å². The number of nitrogens with one attached hydrogen (secondary N) is 1. The summed E-state index contributed by atoms with van der Waals surface area (Å²) in [5.74, 6) is 0. The summed E-state index contributed by atoms with van der Waals surface area (Å²) >= 11 is 0. The molecule has 0 saturated heterocycles. The molecule has 0 aliphatic heterocycles. The second-order valence-electron chi connectivity index (χ2n) is 2.61. The summed E-state index contributed by atoms with van der Waals surface area (Å²) in [7, 11) is 0. The van der Waals surface area contributed by atoms with E-state index in [1.807, 2.05) is 13.8 Å². The molecule has 0 aliphatic rings. The first-order chi connectivity index (χ1) is 5.11. The summed E-state index contributed by atoms with van der Waals surface area (Å²) in [6, 6.07) is 1.42. The van der Waals surface area contributed by atoms with Crippen LogP contribution in [-0.4, -0.2) is 9.55 Å². The molecule has 68 valence electrons. The Balaban J connectivity index is 0.00000121. The summed E-state index contributed by atoms with van der Waals surface area (Å²) < 4.78 is 1.46. The molecule has 0 atom stereocenters. The first-order valence-corrected chi connectivity index (χ1v) is 3.42. The molecule has 1 N–H and O–H groups in total. The van der Waals surface area contributed by atoms with E-state index >= 15 is 0 Å². The first kappa shape index (κ1) is 10.7. The number of hydrogen-bond acceptors (Lipinski definition) is 2. The van der Waals surface area contributed by atoms with Gasteiger partial charge >= 0.3 is 5.69 Å². The van der Waals surface area contributed by atoms with Crippen LogP contribution in [0.1, 0.15) is 27.3 Å². The van der Waals surface area contributed by atoms with Crippen molar-refractivity contribution < 1.29 is 0 Å². The summed E-state index contributed by atoms with van der Waals surface area (Å²) in [4.78, 5) is 23.8. The predicted octanol–water partition coefficient (Wildman–Crippen LogP) is 0.754. The Labute approximate surface area is 70.9 Å². The van der Waals surface area contributed by atoms with Gasteiger partial charge in [0.1, 0.15) is 0 Å². The van der Waals surface area contributed by atoms with Gasteiger partial charge in [-0.3, -0.25) is 14.3 Å². The molecule has 0 bridgehead atoms. The van der Waals surface area contributed by atoms with Crippen molar-refractivity contribution >= 4 is 0 Å². The molecule has 0 aromatic carbocycles. The number of nitrogens with zero attached hydrogens (tertiary/aromatic N) is 1. The Bertz CT molecular complexity index is 349. The number of aromatic amines is 1. The zero-order chi connectivity index (χ0) is 8.43. The molecule has 0 radical (unpaired) electrons. The van der Waals surface area contributed by atoms with Gasteiger partial charge in [0.25, 0.3) is 5.56 Å². The summed E-state index contributed by atoms with van der Waals surface area (Å²) in [6.45, 7) is 3.75. The smallest absolute Gasteiger partial charge is 0.298 e. The normalized spacial score (nSPS) is 9.58. The van der Waals surface area contributed by atoms with Crippen LogP contribution >= 0.6 is 0 Å². The highest BCUT2D eigenvalue weighted by molar-refractivity contribution is 4.83. The van der Waals surface area contributed by atoms with Crippen LogP contribution in [0.25, 0.3) is 0 Å². The van der Waals surface area contributed by atoms with Gasteiger partial charge in [-0.1, -0.05) is 7.43 Å². The SMILES string of the molecule is C.CC(C)n1ccc(=O)[nH]c1=O. The van der Waals surface area contributed by atoms with Crippen molar-refractivity contribution in [2.24, 2.45) is 0 Å². The van der Waals surface area contributed by atoms with Gasteiger partial charge in [-0.15, -0.1) is 0 Å².